The Morgan fingerprint density at radius 3 is 2.83 bits per heavy atom. The van der Waals surface area contributed by atoms with Crippen molar-refractivity contribution in [2.45, 2.75) is 23.8 Å². The van der Waals surface area contributed by atoms with Crippen molar-refractivity contribution in [2.75, 3.05) is 24.6 Å². The minimum atomic E-state index is -0.395. The Morgan fingerprint density at radius 2 is 2.03 bits per heavy atom. The molecule has 2 aromatic rings. The summed E-state index contributed by atoms with van der Waals surface area (Å²) in [6.07, 6.45) is 3.50. The lowest BCUT2D eigenvalue weighted by Crippen LogP contribution is -2.44. The highest BCUT2D eigenvalue weighted by atomic mass is 32.2. The van der Waals surface area contributed by atoms with Crippen LogP contribution in [0.5, 0.6) is 0 Å². The summed E-state index contributed by atoms with van der Waals surface area (Å²) in [6, 6.07) is 13.7. The van der Waals surface area contributed by atoms with E-state index in [1.165, 1.54) is 28.8 Å². The first-order valence-corrected chi connectivity index (χ1v) is 10.4. The van der Waals surface area contributed by atoms with Crippen molar-refractivity contribution in [3.05, 3.63) is 64.8 Å². The fourth-order valence-electron chi connectivity index (χ4n) is 3.39. The number of hydrogen-bond donors (Lipinski definition) is 1. The molecule has 0 bridgehead atoms. The first-order valence-electron chi connectivity index (χ1n) is 9.55. The van der Waals surface area contributed by atoms with Crippen molar-refractivity contribution in [1.29, 1.82) is 0 Å². The van der Waals surface area contributed by atoms with E-state index in [0.29, 0.717) is 22.7 Å². The van der Waals surface area contributed by atoms with Gasteiger partial charge < -0.3 is 10.1 Å². The van der Waals surface area contributed by atoms with Gasteiger partial charge in [-0.2, -0.15) is 0 Å². The third-order valence-corrected chi connectivity index (χ3v) is 5.95. The number of nitrogens with zero attached hydrogens (tertiary/aromatic N) is 1. The Hall–Kier alpha value is -2.64. The molecule has 2 aliphatic rings. The zero-order valence-corrected chi connectivity index (χ0v) is 16.6. The monoisotopic (exact) mass is 412 g/mol. The van der Waals surface area contributed by atoms with Crippen LogP contribution >= 0.6 is 11.8 Å². The normalized spacial score (nSPS) is 20.0. The lowest BCUT2D eigenvalue weighted by molar-refractivity contribution is -0.122. The van der Waals surface area contributed by atoms with Crippen LogP contribution in [0.15, 0.2) is 58.3 Å². The van der Waals surface area contributed by atoms with E-state index in [1.54, 1.807) is 18.2 Å². The average Bonchev–Trinajstić information content (AvgIpc) is 3.25. The van der Waals surface area contributed by atoms with Gasteiger partial charge in [0.2, 0.25) is 5.91 Å². The smallest absolute Gasteiger partial charge is 0.265 e. The maximum absolute atomic E-state index is 14.1. The number of thioether (sulfide) groups is 1. The number of halogens is 1. The third kappa shape index (κ3) is 4.52. The van der Waals surface area contributed by atoms with E-state index in [9.17, 15) is 14.0 Å². The Labute approximate surface area is 172 Å². The van der Waals surface area contributed by atoms with Crippen molar-refractivity contribution in [2.24, 2.45) is 0 Å². The van der Waals surface area contributed by atoms with Gasteiger partial charge in [-0.15, -0.1) is 0 Å². The number of ether oxygens (including phenoxy) is 1. The molecule has 0 spiro atoms. The molecule has 1 atom stereocenters. The summed E-state index contributed by atoms with van der Waals surface area (Å²) in [6.45, 7) is 1.06. The van der Waals surface area contributed by atoms with Crippen molar-refractivity contribution >= 4 is 35.3 Å². The Morgan fingerprint density at radius 1 is 1.24 bits per heavy atom. The summed E-state index contributed by atoms with van der Waals surface area (Å²) < 4.78 is 19.6. The van der Waals surface area contributed by atoms with E-state index in [4.69, 9.17) is 4.74 Å². The summed E-state index contributed by atoms with van der Waals surface area (Å²) in [5.74, 6) is -0.960. The highest BCUT2D eigenvalue weighted by Crippen LogP contribution is 2.42. The number of rotatable bonds is 5. The molecule has 2 aliphatic heterocycles. The number of para-hydroxylation sites is 1. The number of hydrogen-bond acceptors (Lipinski definition) is 4. The molecule has 0 radical (unpaired) electrons. The van der Waals surface area contributed by atoms with E-state index >= 15 is 0 Å². The Bertz CT molecular complexity index is 957. The van der Waals surface area contributed by atoms with Gasteiger partial charge in [-0.05, 0) is 37.1 Å². The number of nitrogens with one attached hydrogen (secondary N) is 1. The van der Waals surface area contributed by atoms with Gasteiger partial charge in [-0.1, -0.05) is 42.1 Å². The molecule has 2 amide bonds. The number of carbonyl (C=O) groups excluding carboxylic acids is 2. The zero-order valence-electron chi connectivity index (χ0n) is 15.8. The number of anilines is 1. The summed E-state index contributed by atoms with van der Waals surface area (Å²) in [5, 5.41) is 2.85. The molecule has 0 unspecified atom stereocenters. The van der Waals surface area contributed by atoms with Gasteiger partial charge in [0.1, 0.15) is 12.4 Å². The molecular weight excluding hydrogens is 391 g/mol. The van der Waals surface area contributed by atoms with Crippen LogP contribution in [0.3, 0.4) is 0 Å². The number of carbonyl (C=O) groups is 2. The highest BCUT2D eigenvalue weighted by molar-refractivity contribution is 8.04. The van der Waals surface area contributed by atoms with Crippen LogP contribution in [0.4, 0.5) is 10.1 Å². The van der Waals surface area contributed by atoms with Crippen LogP contribution < -0.4 is 10.2 Å². The maximum Gasteiger partial charge on any atom is 0.265 e. The molecule has 1 fully saturated rings. The van der Waals surface area contributed by atoms with Gasteiger partial charge in [0.05, 0.1) is 16.7 Å². The van der Waals surface area contributed by atoms with Crippen LogP contribution in [-0.2, 0) is 14.3 Å². The predicted octanol–water partition coefficient (Wildman–Crippen LogP) is 3.60. The van der Waals surface area contributed by atoms with Crippen molar-refractivity contribution in [1.82, 2.24) is 5.32 Å². The number of amides is 2. The first-order chi connectivity index (χ1) is 14.1. The molecule has 0 aromatic heterocycles. The lowest BCUT2D eigenvalue weighted by atomic mass is 10.2. The minimum Gasteiger partial charge on any atom is -0.376 e. The maximum atomic E-state index is 14.1. The first kappa shape index (κ1) is 19.7. The van der Waals surface area contributed by atoms with Crippen molar-refractivity contribution in [3.8, 4) is 0 Å². The molecule has 7 heteroatoms. The van der Waals surface area contributed by atoms with Crippen LogP contribution in [0.25, 0.3) is 6.08 Å². The van der Waals surface area contributed by atoms with E-state index in [1.807, 2.05) is 24.3 Å². The second kappa shape index (κ2) is 8.80. The Balaban J connectivity index is 1.55. The van der Waals surface area contributed by atoms with Crippen LogP contribution in [-0.4, -0.2) is 37.6 Å². The fourth-order valence-corrected chi connectivity index (χ4v) is 4.43. The molecule has 2 aromatic carbocycles. The fraction of sp³-hybridized carbons (Fsp3) is 0.273. The SMILES string of the molecule is O=C(CN1C(=O)/C(=C/c2ccccc2F)Sc2ccccc21)NC[C@@H]1CCCO1. The Kier molecular flexibility index (Phi) is 5.97. The molecule has 4 rings (SSSR count). The molecule has 1 N–H and O–H groups in total. The van der Waals surface area contributed by atoms with Crippen LogP contribution in [0.1, 0.15) is 18.4 Å². The van der Waals surface area contributed by atoms with Crippen LogP contribution in [0, 0.1) is 5.82 Å². The van der Waals surface area contributed by atoms with Gasteiger partial charge in [0.15, 0.2) is 0 Å². The largest absolute Gasteiger partial charge is 0.376 e. The van der Waals surface area contributed by atoms with Gasteiger partial charge >= 0.3 is 0 Å². The molecule has 5 nitrogen and oxygen atoms in total. The van der Waals surface area contributed by atoms with Gasteiger partial charge in [0, 0.05) is 23.6 Å². The molecule has 0 saturated carbocycles. The lowest BCUT2D eigenvalue weighted by Gasteiger charge is -2.30. The minimum absolute atomic E-state index is 0.0374. The summed E-state index contributed by atoms with van der Waals surface area (Å²) in [7, 11) is 0. The summed E-state index contributed by atoms with van der Waals surface area (Å²) >= 11 is 1.28. The second-order valence-corrected chi connectivity index (χ2v) is 8.01. The van der Waals surface area contributed by atoms with Gasteiger partial charge in [-0.3, -0.25) is 14.5 Å². The summed E-state index contributed by atoms with van der Waals surface area (Å²) in [5.41, 5.74) is 1.02. The van der Waals surface area contributed by atoms with E-state index in [-0.39, 0.29) is 24.5 Å². The van der Waals surface area contributed by atoms with E-state index < -0.39 is 5.82 Å². The quantitative estimate of drug-likeness (QED) is 0.763. The van der Waals surface area contributed by atoms with E-state index in [2.05, 4.69) is 5.32 Å². The summed E-state index contributed by atoms with van der Waals surface area (Å²) in [4.78, 5) is 28.3. The third-order valence-electron chi connectivity index (χ3n) is 4.88. The second-order valence-electron chi connectivity index (χ2n) is 6.93. The molecule has 1 saturated heterocycles. The topological polar surface area (TPSA) is 58.6 Å². The van der Waals surface area contributed by atoms with Crippen LogP contribution in [0.2, 0.25) is 0 Å². The number of benzene rings is 2. The van der Waals surface area contributed by atoms with Crippen molar-refractivity contribution in [3.63, 3.8) is 0 Å². The van der Waals surface area contributed by atoms with Gasteiger partial charge in [0.25, 0.3) is 5.91 Å². The van der Waals surface area contributed by atoms with Crippen molar-refractivity contribution < 1.29 is 18.7 Å². The zero-order chi connectivity index (χ0) is 20.2. The standard InChI is InChI=1S/C22H21FN2O3S/c23-17-8-2-1-6-15(17)12-20-22(27)25(18-9-3-4-10-19(18)29-20)14-21(26)24-13-16-7-5-11-28-16/h1-4,6,8-10,12,16H,5,7,11,13-14H2,(H,24,26)/b20-12-/t16-/m0/s1. The highest BCUT2D eigenvalue weighted by Gasteiger charge is 2.30. The molecular formula is C22H21FN2O3S. The molecule has 2 heterocycles. The van der Waals surface area contributed by atoms with E-state index in [0.717, 1.165) is 24.3 Å². The van der Waals surface area contributed by atoms with Gasteiger partial charge in [-0.25, -0.2) is 4.39 Å². The molecule has 29 heavy (non-hydrogen) atoms. The number of fused-ring (bicyclic) bond motifs is 1. The predicted molar refractivity (Wildman–Crippen MR) is 111 cm³/mol. The molecule has 150 valence electrons. The molecule has 0 aliphatic carbocycles. The average molecular weight is 412 g/mol.